The van der Waals surface area contributed by atoms with Gasteiger partial charge in [-0.1, -0.05) is 78.0 Å². The minimum atomic E-state index is -0.480. The number of nitrogens with zero attached hydrogens (tertiary/aromatic N) is 3. The molecule has 1 amide bonds. The molecule has 1 N–H and O–H groups in total. The minimum absolute atomic E-state index is 0.0392. The normalized spacial score (nSPS) is 15.9. The zero-order valence-corrected chi connectivity index (χ0v) is 22.1. The number of ether oxygens (including phenoxy) is 2. The first kappa shape index (κ1) is 25.1. The van der Waals surface area contributed by atoms with Gasteiger partial charge in [0.2, 0.25) is 5.17 Å². The van der Waals surface area contributed by atoms with Gasteiger partial charge in [-0.05, 0) is 35.4 Å². The van der Waals surface area contributed by atoms with Crippen LogP contribution in [0.5, 0.6) is 11.5 Å². The van der Waals surface area contributed by atoms with E-state index in [0.717, 1.165) is 23.1 Å². The van der Waals surface area contributed by atoms with E-state index in [4.69, 9.17) is 26.5 Å². The van der Waals surface area contributed by atoms with Crippen molar-refractivity contribution in [3.05, 3.63) is 100 Å². The monoisotopic (exact) mass is 548 g/mol. The van der Waals surface area contributed by atoms with Crippen LogP contribution in [0.3, 0.4) is 0 Å². The first-order valence-corrected chi connectivity index (χ1v) is 13.4. The second kappa shape index (κ2) is 11.2. The molecule has 7 nitrogen and oxygen atoms in total. The molecular weight excluding hydrogens is 528 g/mol. The van der Waals surface area contributed by atoms with Crippen LogP contribution >= 0.6 is 35.3 Å². The molecular formula is C27H21ClN4O3S2. The summed E-state index contributed by atoms with van der Waals surface area (Å²) in [6, 6.07) is 22.8. The lowest BCUT2D eigenvalue weighted by Crippen LogP contribution is -2.41. The Hall–Kier alpha value is -3.53. The maximum Gasteiger partial charge on any atom is 0.283 e. The number of carbonyl (C=O) groups is 1. The molecule has 0 radical (unpaired) electrons. The Morgan fingerprint density at radius 2 is 1.86 bits per heavy atom. The highest BCUT2D eigenvalue weighted by atomic mass is 35.5. The van der Waals surface area contributed by atoms with E-state index in [1.165, 1.54) is 11.8 Å². The molecule has 186 valence electrons. The molecule has 0 unspecified atom stereocenters. The van der Waals surface area contributed by atoms with Crippen molar-refractivity contribution in [1.82, 2.24) is 4.90 Å². The third-order valence-corrected chi connectivity index (χ3v) is 7.74. The Balaban J connectivity index is 1.34. The number of amidine groups is 3. The first-order chi connectivity index (χ1) is 18.0. The highest BCUT2D eigenvalue weighted by Gasteiger charge is 2.37. The number of rotatable bonds is 7. The number of hydrogen-bond acceptors (Lipinski definition) is 7. The number of benzene rings is 3. The van der Waals surface area contributed by atoms with Gasteiger partial charge < -0.3 is 9.47 Å². The summed E-state index contributed by atoms with van der Waals surface area (Å²) in [6.45, 7) is 0.284. The molecule has 3 aromatic rings. The van der Waals surface area contributed by atoms with E-state index in [1.807, 2.05) is 54.6 Å². The van der Waals surface area contributed by atoms with Gasteiger partial charge in [-0.25, -0.2) is 4.90 Å². The van der Waals surface area contributed by atoms with Crippen LogP contribution < -0.4 is 9.47 Å². The van der Waals surface area contributed by atoms with Crippen LogP contribution in [0.25, 0.3) is 6.08 Å². The van der Waals surface area contributed by atoms with Crippen LogP contribution in [0.1, 0.15) is 16.7 Å². The van der Waals surface area contributed by atoms with Crippen LogP contribution in [0.2, 0.25) is 5.02 Å². The molecule has 0 spiro atoms. The average molecular weight is 549 g/mol. The van der Waals surface area contributed by atoms with Crippen molar-refractivity contribution in [1.29, 1.82) is 5.41 Å². The highest BCUT2D eigenvalue weighted by Crippen LogP contribution is 2.34. The minimum Gasteiger partial charge on any atom is -0.493 e. The zero-order valence-electron chi connectivity index (χ0n) is 19.7. The number of fused-ring (bicyclic) bond motifs is 1. The topological polar surface area (TPSA) is 87.3 Å². The van der Waals surface area contributed by atoms with Crippen molar-refractivity contribution in [2.75, 3.05) is 7.11 Å². The highest BCUT2D eigenvalue weighted by molar-refractivity contribution is 8.18. The van der Waals surface area contributed by atoms with Crippen molar-refractivity contribution in [3.8, 4) is 11.5 Å². The molecule has 0 aromatic heterocycles. The predicted molar refractivity (Wildman–Crippen MR) is 152 cm³/mol. The maximum atomic E-state index is 12.8. The molecule has 0 aliphatic carbocycles. The summed E-state index contributed by atoms with van der Waals surface area (Å²) in [6.07, 6.45) is 1.63. The summed E-state index contributed by atoms with van der Waals surface area (Å²) in [5.41, 5.74) is 2.85. The molecule has 37 heavy (non-hydrogen) atoms. The fourth-order valence-electron chi connectivity index (χ4n) is 3.65. The lowest BCUT2D eigenvalue weighted by atomic mass is 10.1. The van der Waals surface area contributed by atoms with E-state index >= 15 is 0 Å². The number of hydrogen-bond donors (Lipinski definition) is 1. The van der Waals surface area contributed by atoms with Crippen LogP contribution in [-0.4, -0.2) is 34.1 Å². The van der Waals surface area contributed by atoms with Crippen LogP contribution in [0, 0.1) is 5.41 Å². The van der Waals surface area contributed by atoms with Gasteiger partial charge in [-0.2, -0.15) is 9.39 Å². The van der Waals surface area contributed by atoms with E-state index in [-0.39, 0.29) is 18.0 Å². The first-order valence-electron chi connectivity index (χ1n) is 11.2. The van der Waals surface area contributed by atoms with Crippen molar-refractivity contribution in [3.63, 3.8) is 0 Å². The van der Waals surface area contributed by atoms with E-state index < -0.39 is 5.91 Å². The number of halogens is 1. The molecule has 5 rings (SSSR count). The standard InChI is InChI=1S/C27H21ClN4O3S2/c1-34-23-14-18(11-12-22(23)35-15-19-9-5-6-10-21(19)28)13-20-24(29)32-26(30-25(20)33)37-31-27(32)36-16-17-7-3-2-4-8-17/h2-14,29H,15-16H2,1H3. The summed E-state index contributed by atoms with van der Waals surface area (Å²) >= 11 is 8.83. The predicted octanol–water partition coefficient (Wildman–Crippen LogP) is 6.44. The number of aliphatic imine (C=N–C) groups is 1. The smallest absolute Gasteiger partial charge is 0.283 e. The van der Waals surface area contributed by atoms with E-state index in [0.29, 0.717) is 38.2 Å². The average Bonchev–Trinajstić information content (AvgIpc) is 3.33. The van der Waals surface area contributed by atoms with Crippen LogP contribution in [0.4, 0.5) is 0 Å². The van der Waals surface area contributed by atoms with E-state index in [9.17, 15) is 4.79 Å². The number of amides is 1. The molecule has 2 aliphatic rings. The molecule has 0 atom stereocenters. The Morgan fingerprint density at radius 1 is 1.08 bits per heavy atom. The van der Waals surface area contributed by atoms with Gasteiger partial charge in [-0.3, -0.25) is 10.2 Å². The largest absolute Gasteiger partial charge is 0.493 e. The van der Waals surface area contributed by atoms with Gasteiger partial charge in [0.1, 0.15) is 12.4 Å². The molecule has 2 aliphatic heterocycles. The van der Waals surface area contributed by atoms with Crippen molar-refractivity contribution >= 4 is 63.5 Å². The molecule has 0 fully saturated rings. The van der Waals surface area contributed by atoms with Crippen LogP contribution in [0.15, 0.2) is 87.8 Å². The molecule has 0 bridgehead atoms. The van der Waals surface area contributed by atoms with Gasteiger partial charge >= 0.3 is 0 Å². The Morgan fingerprint density at radius 3 is 2.65 bits per heavy atom. The molecule has 3 aromatic carbocycles. The quantitative estimate of drug-likeness (QED) is 0.270. The van der Waals surface area contributed by atoms with E-state index in [2.05, 4.69) is 9.39 Å². The number of thioether (sulfide) groups is 1. The Bertz CT molecular complexity index is 1460. The van der Waals surface area contributed by atoms with Crippen LogP contribution in [-0.2, 0) is 17.2 Å². The van der Waals surface area contributed by atoms with Crippen molar-refractivity contribution < 1.29 is 14.3 Å². The summed E-state index contributed by atoms with van der Waals surface area (Å²) in [5.74, 6) is 1.29. The fourth-order valence-corrected chi connectivity index (χ4v) is 5.64. The molecule has 0 saturated heterocycles. The maximum absolute atomic E-state index is 12.8. The summed E-state index contributed by atoms with van der Waals surface area (Å²) in [4.78, 5) is 18.6. The van der Waals surface area contributed by atoms with Crippen molar-refractivity contribution in [2.45, 2.75) is 12.4 Å². The van der Waals surface area contributed by atoms with Gasteiger partial charge in [0.15, 0.2) is 16.7 Å². The summed E-state index contributed by atoms with van der Waals surface area (Å²) in [7, 11) is 1.55. The third-order valence-electron chi connectivity index (χ3n) is 5.54. The third kappa shape index (κ3) is 5.58. The Labute approximate surface area is 227 Å². The van der Waals surface area contributed by atoms with E-state index in [1.54, 1.807) is 36.3 Å². The second-order valence-electron chi connectivity index (χ2n) is 7.97. The second-order valence-corrected chi connectivity index (χ2v) is 10.1. The molecule has 0 saturated carbocycles. The van der Waals surface area contributed by atoms with Gasteiger partial charge in [-0.15, -0.1) is 0 Å². The van der Waals surface area contributed by atoms with Gasteiger partial charge in [0, 0.05) is 16.3 Å². The SMILES string of the molecule is COc1cc(C=C2C(=N)N3C(SCc4ccccc4)=NSC3=NC2=O)ccc1OCc1ccccc1Cl. The Kier molecular flexibility index (Phi) is 7.64. The number of nitrogens with one attached hydrogen (secondary N) is 1. The number of methoxy groups -OCH3 is 1. The fraction of sp³-hybridized carbons (Fsp3) is 0.111. The van der Waals surface area contributed by atoms with Gasteiger partial charge in [0.05, 0.1) is 24.6 Å². The summed E-state index contributed by atoms with van der Waals surface area (Å²) < 4.78 is 15.9. The lowest BCUT2D eigenvalue weighted by Gasteiger charge is -2.24. The summed E-state index contributed by atoms with van der Waals surface area (Å²) in [5, 5.41) is 10.4. The lowest BCUT2D eigenvalue weighted by molar-refractivity contribution is -0.114. The van der Waals surface area contributed by atoms with Crippen molar-refractivity contribution in [2.24, 2.45) is 9.39 Å². The van der Waals surface area contributed by atoms with Gasteiger partial charge in [0.25, 0.3) is 5.91 Å². The molecule has 2 heterocycles. The molecule has 10 heteroatoms. The zero-order chi connectivity index (χ0) is 25.8. The number of carbonyl (C=O) groups excluding carboxylic acids is 1.